The van der Waals surface area contributed by atoms with Gasteiger partial charge in [0.25, 0.3) is 5.22 Å². The Kier molecular flexibility index (Phi) is 4.62. The number of nitrogens with one attached hydrogen (secondary N) is 1. The lowest BCUT2D eigenvalue weighted by Crippen LogP contribution is -2.48. The average Bonchev–Trinajstić information content (AvgIpc) is 3.12. The molecule has 6 rings (SSSR count). The zero-order valence-corrected chi connectivity index (χ0v) is 17.3. The Morgan fingerprint density at radius 1 is 1.25 bits per heavy atom. The fraction of sp³-hybridized carbons (Fsp3) is 0.600. The van der Waals surface area contributed by atoms with Gasteiger partial charge in [-0.3, -0.25) is 4.79 Å². The molecule has 2 aromatic heterocycles. The molecule has 0 saturated heterocycles. The number of pyridine rings is 1. The minimum atomic E-state index is -0.388. The number of hydrogen-bond donors (Lipinski definition) is 1. The van der Waals surface area contributed by atoms with Crippen LogP contribution < -0.4 is 5.32 Å². The zero-order valence-electron chi connectivity index (χ0n) is 15.7. The van der Waals surface area contributed by atoms with Gasteiger partial charge in [0.05, 0.1) is 10.9 Å². The van der Waals surface area contributed by atoms with Crippen molar-refractivity contribution in [1.29, 1.82) is 0 Å². The van der Waals surface area contributed by atoms with E-state index in [1.54, 1.807) is 18.3 Å². The third-order valence-electron chi connectivity index (χ3n) is 6.56. The normalized spacial score (nSPS) is 31.7. The van der Waals surface area contributed by atoms with Crippen LogP contribution in [0.15, 0.2) is 28.0 Å². The van der Waals surface area contributed by atoms with E-state index in [-0.39, 0.29) is 21.7 Å². The van der Waals surface area contributed by atoms with E-state index in [1.807, 2.05) is 6.92 Å². The number of anilines is 1. The van der Waals surface area contributed by atoms with Crippen molar-refractivity contribution in [2.75, 3.05) is 5.32 Å². The molecule has 4 aliphatic rings. The second kappa shape index (κ2) is 7.02. The molecule has 6 nitrogen and oxygen atoms in total. The number of carbonyl (C=O) groups is 1. The van der Waals surface area contributed by atoms with Crippen LogP contribution >= 0.6 is 23.4 Å². The molecule has 1 atom stereocenters. The van der Waals surface area contributed by atoms with Crippen molar-refractivity contribution in [3.05, 3.63) is 29.4 Å². The van der Waals surface area contributed by atoms with Gasteiger partial charge in [0.1, 0.15) is 0 Å². The van der Waals surface area contributed by atoms with Gasteiger partial charge < -0.3 is 9.73 Å². The van der Waals surface area contributed by atoms with Crippen molar-refractivity contribution < 1.29 is 9.21 Å². The van der Waals surface area contributed by atoms with E-state index < -0.39 is 0 Å². The van der Waals surface area contributed by atoms with E-state index in [4.69, 9.17) is 16.0 Å². The van der Waals surface area contributed by atoms with Crippen molar-refractivity contribution >= 4 is 35.0 Å². The maximum Gasteiger partial charge on any atom is 0.277 e. The fourth-order valence-electron chi connectivity index (χ4n) is 5.76. The first-order chi connectivity index (χ1) is 13.5. The second-order valence-corrected chi connectivity index (χ2v) is 10.3. The summed E-state index contributed by atoms with van der Waals surface area (Å²) in [6, 6.07) is 3.46. The molecule has 2 heterocycles. The molecule has 148 valence electrons. The summed E-state index contributed by atoms with van der Waals surface area (Å²) in [7, 11) is 0. The summed E-state index contributed by atoms with van der Waals surface area (Å²) in [5.41, 5.74) is 0.580. The van der Waals surface area contributed by atoms with Gasteiger partial charge in [0.15, 0.2) is 5.15 Å². The van der Waals surface area contributed by atoms with E-state index >= 15 is 0 Å². The molecule has 4 bridgehead atoms. The highest BCUT2D eigenvalue weighted by molar-refractivity contribution is 8.00. The molecule has 1 amide bonds. The summed E-state index contributed by atoms with van der Waals surface area (Å²) in [4.78, 5) is 16.5. The Balaban J connectivity index is 1.27. The Morgan fingerprint density at radius 2 is 1.93 bits per heavy atom. The molecule has 4 aliphatic carbocycles. The summed E-state index contributed by atoms with van der Waals surface area (Å²) in [6.45, 7) is 1.82. The van der Waals surface area contributed by atoms with Gasteiger partial charge in [0.2, 0.25) is 11.8 Å². The van der Waals surface area contributed by atoms with Crippen LogP contribution in [0.1, 0.15) is 51.3 Å². The van der Waals surface area contributed by atoms with Crippen molar-refractivity contribution in [1.82, 2.24) is 15.2 Å². The van der Waals surface area contributed by atoms with E-state index in [9.17, 15) is 4.79 Å². The van der Waals surface area contributed by atoms with Crippen molar-refractivity contribution in [3.63, 3.8) is 0 Å². The van der Waals surface area contributed by atoms with Gasteiger partial charge in [-0.05, 0) is 75.3 Å². The highest BCUT2D eigenvalue weighted by atomic mass is 35.5. The van der Waals surface area contributed by atoms with Gasteiger partial charge in [-0.15, -0.1) is 10.2 Å². The van der Waals surface area contributed by atoms with Gasteiger partial charge in [-0.2, -0.15) is 0 Å². The zero-order chi connectivity index (χ0) is 19.3. The van der Waals surface area contributed by atoms with E-state index in [1.165, 1.54) is 50.3 Å². The van der Waals surface area contributed by atoms with E-state index in [2.05, 4.69) is 20.5 Å². The number of carbonyl (C=O) groups excluding carboxylic acids is 1. The summed E-state index contributed by atoms with van der Waals surface area (Å²) < 4.78 is 6.09. The number of amides is 1. The highest BCUT2D eigenvalue weighted by Gasteiger charge is 2.54. The average molecular weight is 419 g/mol. The minimum absolute atomic E-state index is 0.0787. The first-order valence-corrected chi connectivity index (χ1v) is 11.2. The van der Waals surface area contributed by atoms with Gasteiger partial charge in [0, 0.05) is 11.6 Å². The van der Waals surface area contributed by atoms with Gasteiger partial charge in [-0.25, -0.2) is 4.98 Å². The van der Waals surface area contributed by atoms with Crippen LogP contribution in [0.2, 0.25) is 5.15 Å². The fourth-order valence-corrected chi connectivity index (χ4v) is 6.61. The minimum Gasteiger partial charge on any atom is -0.415 e. The topological polar surface area (TPSA) is 80.9 Å². The molecule has 0 aliphatic heterocycles. The first-order valence-electron chi connectivity index (χ1n) is 9.93. The summed E-state index contributed by atoms with van der Waals surface area (Å²) in [5, 5.41) is 11.8. The lowest BCUT2D eigenvalue weighted by atomic mass is 9.49. The van der Waals surface area contributed by atoms with Crippen LogP contribution in [0, 0.1) is 17.8 Å². The number of nitrogens with zero attached hydrogens (tertiary/aromatic N) is 3. The Hall–Kier alpha value is -1.60. The van der Waals surface area contributed by atoms with Crippen molar-refractivity contribution in [2.45, 2.75) is 61.3 Å². The van der Waals surface area contributed by atoms with E-state index in [0.717, 1.165) is 23.6 Å². The number of rotatable bonds is 5. The molecular weight excluding hydrogens is 396 g/mol. The van der Waals surface area contributed by atoms with Crippen LogP contribution in [0.3, 0.4) is 0 Å². The predicted octanol–water partition coefficient (Wildman–Crippen LogP) is 4.71. The third kappa shape index (κ3) is 3.32. The molecule has 1 N–H and O–H groups in total. The molecule has 4 saturated carbocycles. The molecule has 2 aromatic rings. The molecule has 4 fully saturated rings. The number of thioether (sulfide) groups is 1. The first kappa shape index (κ1) is 18.4. The SMILES string of the molecule is C[C@H](Sc1nnc(C23CC4CC(CC(C4)C2)C3)o1)C(=O)Nc1cccnc1Cl. The second-order valence-electron chi connectivity index (χ2n) is 8.66. The maximum absolute atomic E-state index is 12.5. The molecule has 0 radical (unpaired) electrons. The predicted molar refractivity (Wildman–Crippen MR) is 107 cm³/mol. The molecule has 0 aromatic carbocycles. The summed E-state index contributed by atoms with van der Waals surface area (Å²) in [6.07, 6.45) is 9.26. The largest absolute Gasteiger partial charge is 0.415 e. The van der Waals surface area contributed by atoms with Crippen LogP contribution in [0.5, 0.6) is 0 Å². The number of halogens is 1. The van der Waals surface area contributed by atoms with Crippen LogP contribution in [0.25, 0.3) is 0 Å². The highest BCUT2D eigenvalue weighted by Crippen LogP contribution is 2.60. The molecular formula is C20H23ClN4O2S. The van der Waals surface area contributed by atoms with Crippen LogP contribution in [-0.4, -0.2) is 26.3 Å². The lowest BCUT2D eigenvalue weighted by Gasteiger charge is -2.55. The molecule has 28 heavy (non-hydrogen) atoms. The smallest absolute Gasteiger partial charge is 0.277 e. The maximum atomic E-state index is 12.5. The number of hydrogen-bond acceptors (Lipinski definition) is 6. The van der Waals surface area contributed by atoms with Gasteiger partial charge >= 0.3 is 0 Å². The quantitative estimate of drug-likeness (QED) is 0.559. The Morgan fingerprint density at radius 3 is 2.57 bits per heavy atom. The van der Waals surface area contributed by atoms with Crippen molar-refractivity contribution in [2.24, 2.45) is 17.8 Å². The molecule has 0 spiro atoms. The monoisotopic (exact) mass is 418 g/mol. The lowest BCUT2D eigenvalue weighted by molar-refractivity contribution is -0.115. The summed E-state index contributed by atoms with van der Waals surface area (Å²) in [5.74, 6) is 3.08. The Labute approximate surface area is 173 Å². The number of aromatic nitrogens is 3. The van der Waals surface area contributed by atoms with Gasteiger partial charge in [-0.1, -0.05) is 23.4 Å². The molecule has 0 unspecified atom stereocenters. The van der Waals surface area contributed by atoms with E-state index in [0.29, 0.717) is 10.9 Å². The van der Waals surface area contributed by atoms with Crippen LogP contribution in [0.4, 0.5) is 5.69 Å². The third-order valence-corrected chi connectivity index (χ3v) is 7.80. The van der Waals surface area contributed by atoms with Crippen LogP contribution in [-0.2, 0) is 10.2 Å². The Bertz CT molecular complexity index is 867. The summed E-state index contributed by atoms with van der Waals surface area (Å²) >= 11 is 7.30. The standard InChI is InChI=1S/C20H23ClN4O2S/c1-11(17(26)23-15-3-2-4-22-16(15)21)28-19-25-24-18(27-19)20-8-12-5-13(9-20)7-14(6-12)10-20/h2-4,11-14H,5-10H2,1H3,(H,23,26)/t11-,12?,13?,14?,20?/m0/s1. The van der Waals surface area contributed by atoms with Crippen molar-refractivity contribution in [3.8, 4) is 0 Å². The molecule has 8 heteroatoms.